The third-order valence-electron chi connectivity index (χ3n) is 0.696. The van der Waals surface area contributed by atoms with Crippen molar-refractivity contribution < 1.29 is 9.00 Å². The van der Waals surface area contributed by atoms with E-state index in [0.29, 0.717) is 5.92 Å². The van der Waals surface area contributed by atoms with E-state index >= 15 is 0 Å². The summed E-state index contributed by atoms with van der Waals surface area (Å²) >= 11 is 0. The van der Waals surface area contributed by atoms with Crippen molar-refractivity contribution in [2.75, 3.05) is 12.5 Å². The lowest BCUT2D eigenvalue weighted by Gasteiger charge is -1.95. The molecule has 0 atom stereocenters. The third-order valence-corrected chi connectivity index (χ3v) is 0.696. The van der Waals surface area contributed by atoms with Gasteiger partial charge >= 0.3 is 0 Å². The molecule has 0 unspecified atom stereocenters. The van der Waals surface area contributed by atoms with Crippen LogP contribution < -0.4 is 0 Å². The average molecular weight is 178 g/mol. The van der Waals surface area contributed by atoms with E-state index in [0.717, 1.165) is 6.42 Å². The highest BCUT2D eigenvalue weighted by Gasteiger charge is 1.95. The number of rotatable bonds is 2. The van der Waals surface area contributed by atoms with Crippen LogP contribution in [0.1, 0.15) is 27.2 Å². The molecule has 0 saturated carbocycles. The lowest BCUT2D eigenvalue weighted by Crippen LogP contribution is -1.95. The van der Waals surface area contributed by atoms with Gasteiger partial charge in [0.25, 0.3) is 0 Å². The largest absolute Gasteiger partial charge is 0.300 e. The molecule has 0 spiro atoms. The maximum Gasteiger partial charge on any atom is 0.130 e. The van der Waals surface area contributed by atoms with E-state index in [2.05, 4.69) is 0 Å². The fourth-order valence-electron chi connectivity index (χ4n) is 0.575. The van der Waals surface area contributed by atoms with Gasteiger partial charge in [0, 0.05) is 29.7 Å². The Labute approximate surface area is 71.8 Å². The molecule has 0 heterocycles. The van der Waals surface area contributed by atoms with Crippen LogP contribution >= 0.6 is 0 Å². The molecule has 0 aromatic heterocycles. The number of carbonyl (C=O) groups is 1. The Bertz CT molecular complexity index is 126. The third kappa shape index (κ3) is 41.2. The van der Waals surface area contributed by atoms with Gasteiger partial charge in [0.2, 0.25) is 0 Å². The zero-order valence-corrected chi connectivity index (χ0v) is 8.83. The van der Waals surface area contributed by atoms with Crippen molar-refractivity contribution in [2.24, 2.45) is 5.92 Å². The Morgan fingerprint density at radius 2 is 1.64 bits per heavy atom. The van der Waals surface area contributed by atoms with E-state index in [-0.39, 0.29) is 5.78 Å². The number of hydrogen-bond donors (Lipinski definition) is 0. The minimum atomic E-state index is -0.611. The predicted octanol–water partition coefficient (Wildman–Crippen LogP) is 1.62. The molecule has 0 aromatic rings. The highest BCUT2D eigenvalue weighted by Crippen LogP contribution is 1.97. The standard InChI is InChI=1S/C6H12O.C2H6OS/c1-5(2)4-6(3)7;1-4(2)3/h5H,4H2,1-3H3;1-2H3. The van der Waals surface area contributed by atoms with E-state index in [1.54, 1.807) is 19.4 Å². The number of Topliss-reactive ketones (excluding diaryl/α,β-unsaturated/α-hetero) is 1. The van der Waals surface area contributed by atoms with Gasteiger partial charge in [0.05, 0.1) is 0 Å². The lowest BCUT2D eigenvalue weighted by atomic mass is 10.1. The summed E-state index contributed by atoms with van der Waals surface area (Å²) in [5, 5.41) is 0. The molecule has 0 aliphatic heterocycles. The Morgan fingerprint density at radius 3 is 1.64 bits per heavy atom. The van der Waals surface area contributed by atoms with Crippen molar-refractivity contribution in [3.63, 3.8) is 0 Å². The molecule has 0 aliphatic carbocycles. The first-order chi connectivity index (χ1) is 4.86. The normalized spacial score (nSPS) is 9.36. The van der Waals surface area contributed by atoms with Crippen molar-refractivity contribution >= 4 is 16.6 Å². The van der Waals surface area contributed by atoms with Gasteiger partial charge in [0.15, 0.2) is 0 Å². The van der Waals surface area contributed by atoms with Crippen LogP contribution in [0.15, 0.2) is 0 Å². The molecule has 3 heteroatoms. The minimum Gasteiger partial charge on any atom is -0.300 e. The van der Waals surface area contributed by atoms with Gasteiger partial charge in [-0.15, -0.1) is 0 Å². The lowest BCUT2D eigenvalue weighted by molar-refractivity contribution is -0.117. The first kappa shape index (κ1) is 13.4. The predicted molar refractivity (Wildman–Crippen MR) is 50.1 cm³/mol. The molecule has 2 nitrogen and oxygen atoms in total. The van der Waals surface area contributed by atoms with Crippen LogP contribution in [-0.2, 0) is 15.6 Å². The Balaban J connectivity index is 0. The summed E-state index contributed by atoms with van der Waals surface area (Å²) in [6, 6.07) is 0. The number of ketones is 1. The summed E-state index contributed by atoms with van der Waals surface area (Å²) in [5.41, 5.74) is 0. The molecule has 0 radical (unpaired) electrons. The Kier molecular flexibility index (Phi) is 9.66. The van der Waals surface area contributed by atoms with Crippen LogP contribution in [0.4, 0.5) is 0 Å². The molecule has 0 aliphatic rings. The zero-order chi connectivity index (χ0) is 9.44. The zero-order valence-electron chi connectivity index (χ0n) is 8.01. The summed E-state index contributed by atoms with van der Waals surface area (Å²) in [7, 11) is -0.611. The number of carbonyl (C=O) groups excluding carboxylic acids is 1. The second-order valence-corrected chi connectivity index (χ2v) is 4.52. The van der Waals surface area contributed by atoms with Gasteiger partial charge < -0.3 is 4.79 Å². The second-order valence-electron chi connectivity index (χ2n) is 3.04. The Morgan fingerprint density at radius 1 is 1.36 bits per heavy atom. The molecule has 68 valence electrons. The van der Waals surface area contributed by atoms with E-state index in [1.807, 2.05) is 13.8 Å². The fraction of sp³-hybridized carbons (Fsp3) is 0.875. The van der Waals surface area contributed by atoms with E-state index in [4.69, 9.17) is 0 Å². The summed E-state index contributed by atoms with van der Waals surface area (Å²) in [6.45, 7) is 5.71. The van der Waals surface area contributed by atoms with Crippen LogP contribution in [0.3, 0.4) is 0 Å². The van der Waals surface area contributed by atoms with Gasteiger partial charge in [-0.05, 0) is 12.8 Å². The van der Waals surface area contributed by atoms with Crippen LogP contribution in [0.25, 0.3) is 0 Å². The quantitative estimate of drug-likeness (QED) is 0.644. The van der Waals surface area contributed by atoms with Crippen molar-refractivity contribution in [3.8, 4) is 0 Å². The highest BCUT2D eigenvalue weighted by molar-refractivity contribution is 7.83. The van der Waals surface area contributed by atoms with Crippen LogP contribution in [0, 0.1) is 5.92 Å². The van der Waals surface area contributed by atoms with Crippen molar-refractivity contribution in [1.29, 1.82) is 0 Å². The fourth-order valence-corrected chi connectivity index (χ4v) is 0.575. The average Bonchev–Trinajstić information content (AvgIpc) is 1.56. The van der Waals surface area contributed by atoms with Crippen LogP contribution in [0.2, 0.25) is 0 Å². The maximum atomic E-state index is 10.3. The molecule has 0 N–H and O–H groups in total. The summed E-state index contributed by atoms with van der Waals surface area (Å²) < 4.78 is 9.56. The van der Waals surface area contributed by atoms with Gasteiger partial charge in [-0.25, -0.2) is 0 Å². The van der Waals surface area contributed by atoms with E-state index in [1.165, 1.54) is 0 Å². The van der Waals surface area contributed by atoms with Crippen LogP contribution in [0.5, 0.6) is 0 Å². The van der Waals surface area contributed by atoms with Gasteiger partial charge in [0.1, 0.15) is 5.78 Å². The van der Waals surface area contributed by atoms with Gasteiger partial charge in [-0.1, -0.05) is 13.8 Å². The minimum absolute atomic E-state index is 0.287. The van der Waals surface area contributed by atoms with Gasteiger partial charge in [-0.2, -0.15) is 0 Å². The van der Waals surface area contributed by atoms with Crippen molar-refractivity contribution in [3.05, 3.63) is 0 Å². The van der Waals surface area contributed by atoms with Crippen molar-refractivity contribution in [1.82, 2.24) is 0 Å². The highest BCUT2D eigenvalue weighted by atomic mass is 32.2. The number of hydrogen-bond acceptors (Lipinski definition) is 2. The molecule has 0 amide bonds. The molecule has 11 heavy (non-hydrogen) atoms. The van der Waals surface area contributed by atoms with Gasteiger partial charge in [-0.3, -0.25) is 4.21 Å². The summed E-state index contributed by atoms with van der Waals surface area (Å²) in [4.78, 5) is 10.3. The molecular weight excluding hydrogens is 160 g/mol. The first-order valence-electron chi connectivity index (χ1n) is 3.60. The Hall–Kier alpha value is -0.180. The molecule has 0 fully saturated rings. The monoisotopic (exact) mass is 178 g/mol. The van der Waals surface area contributed by atoms with E-state index in [9.17, 15) is 9.00 Å². The molecule has 0 bridgehead atoms. The molecule has 0 rings (SSSR count). The van der Waals surface area contributed by atoms with Crippen LogP contribution in [-0.4, -0.2) is 22.5 Å². The van der Waals surface area contributed by atoms with Crippen molar-refractivity contribution in [2.45, 2.75) is 27.2 Å². The van der Waals surface area contributed by atoms with E-state index < -0.39 is 10.8 Å². The first-order valence-corrected chi connectivity index (χ1v) is 5.57. The summed E-state index contributed by atoms with van der Waals surface area (Å²) in [6.07, 6.45) is 4.00. The topological polar surface area (TPSA) is 34.1 Å². The smallest absolute Gasteiger partial charge is 0.130 e. The SMILES string of the molecule is CC(=O)CC(C)C.CS(C)=O. The second kappa shape index (κ2) is 7.92. The maximum absolute atomic E-state index is 10.3. The molecule has 0 saturated heterocycles. The molecular formula is C8H18O2S. The molecule has 0 aromatic carbocycles. The summed E-state index contributed by atoms with van der Waals surface area (Å²) in [5.74, 6) is 0.813.